The number of hydrogen-bond acceptors (Lipinski definition) is 3. The molecule has 1 aliphatic rings. The minimum atomic E-state index is -0.113. The predicted octanol–water partition coefficient (Wildman–Crippen LogP) is 3.58. The van der Waals surface area contributed by atoms with Crippen molar-refractivity contribution < 1.29 is 0 Å². The van der Waals surface area contributed by atoms with Crippen LogP contribution < -0.4 is 10.6 Å². The van der Waals surface area contributed by atoms with Crippen LogP contribution in [0.1, 0.15) is 5.56 Å². The summed E-state index contributed by atoms with van der Waals surface area (Å²) in [5.74, 6) is 0. The van der Waals surface area contributed by atoms with Gasteiger partial charge in [0.25, 0.3) is 0 Å². The van der Waals surface area contributed by atoms with Crippen LogP contribution in [0.2, 0.25) is 5.02 Å². The smallest absolute Gasteiger partial charge is 0.194 e. The Morgan fingerprint density at radius 1 is 0.944 bits per heavy atom. The van der Waals surface area contributed by atoms with Crippen molar-refractivity contribution in [3.63, 3.8) is 0 Å². The fourth-order valence-electron chi connectivity index (χ4n) is 1.85. The Balaban J connectivity index is 1.71. The standard InChI is InChI=1S/C14H12ClN3/c15-11-7-5-10(6-8-11)9-16-14-17-12-3-1-2-4-13(12)18-14/h1-9,14,17-18H/b16-9+. The normalized spacial score (nSPS) is 14.3. The van der Waals surface area contributed by atoms with E-state index in [0.29, 0.717) is 0 Å². The van der Waals surface area contributed by atoms with Crippen molar-refractivity contribution in [2.45, 2.75) is 6.29 Å². The van der Waals surface area contributed by atoms with Gasteiger partial charge in [0.2, 0.25) is 0 Å². The summed E-state index contributed by atoms with van der Waals surface area (Å²) >= 11 is 5.83. The molecule has 0 saturated carbocycles. The predicted molar refractivity (Wildman–Crippen MR) is 76.5 cm³/mol. The van der Waals surface area contributed by atoms with Crippen LogP contribution in [0.3, 0.4) is 0 Å². The molecular weight excluding hydrogens is 246 g/mol. The maximum atomic E-state index is 5.83. The fourth-order valence-corrected chi connectivity index (χ4v) is 1.98. The first kappa shape index (κ1) is 11.1. The number of nitrogens with one attached hydrogen (secondary N) is 2. The molecule has 0 unspecified atom stereocenters. The Morgan fingerprint density at radius 2 is 1.56 bits per heavy atom. The lowest BCUT2D eigenvalue weighted by atomic mass is 10.2. The van der Waals surface area contributed by atoms with Crippen LogP contribution in [0, 0.1) is 0 Å². The Bertz CT molecular complexity index is 553. The number of rotatable bonds is 2. The van der Waals surface area contributed by atoms with Crippen LogP contribution in [0.4, 0.5) is 11.4 Å². The second-order valence-corrected chi connectivity index (χ2v) is 4.50. The highest BCUT2D eigenvalue weighted by Gasteiger charge is 2.16. The average molecular weight is 258 g/mol. The third-order valence-electron chi connectivity index (χ3n) is 2.75. The van der Waals surface area contributed by atoms with Crippen molar-refractivity contribution in [1.82, 2.24) is 0 Å². The molecule has 90 valence electrons. The first-order valence-electron chi connectivity index (χ1n) is 5.72. The summed E-state index contributed by atoms with van der Waals surface area (Å²) in [6.07, 6.45) is 1.71. The van der Waals surface area contributed by atoms with Gasteiger partial charge in [0.1, 0.15) is 0 Å². The third-order valence-corrected chi connectivity index (χ3v) is 3.01. The molecule has 2 aromatic rings. The number of fused-ring (bicyclic) bond motifs is 1. The number of aliphatic imine (C=N–C) groups is 1. The van der Waals surface area contributed by atoms with Gasteiger partial charge in [-0.3, -0.25) is 0 Å². The minimum Gasteiger partial charge on any atom is -0.345 e. The van der Waals surface area contributed by atoms with Crippen molar-refractivity contribution in [2.24, 2.45) is 4.99 Å². The molecule has 1 heterocycles. The highest BCUT2D eigenvalue weighted by molar-refractivity contribution is 6.30. The zero-order valence-electron chi connectivity index (χ0n) is 9.60. The van der Waals surface area contributed by atoms with E-state index in [-0.39, 0.29) is 6.29 Å². The second kappa shape index (κ2) is 4.70. The molecule has 2 aromatic carbocycles. The van der Waals surface area contributed by atoms with Gasteiger partial charge in [-0.1, -0.05) is 35.9 Å². The quantitative estimate of drug-likeness (QED) is 0.807. The molecule has 0 radical (unpaired) electrons. The van der Waals surface area contributed by atoms with Crippen molar-refractivity contribution in [2.75, 3.05) is 10.6 Å². The number of anilines is 2. The van der Waals surface area contributed by atoms with Crippen LogP contribution in [0.5, 0.6) is 0 Å². The largest absolute Gasteiger partial charge is 0.345 e. The minimum absolute atomic E-state index is 0.113. The van der Waals surface area contributed by atoms with Gasteiger partial charge in [-0.05, 0) is 29.8 Å². The van der Waals surface area contributed by atoms with E-state index >= 15 is 0 Å². The van der Waals surface area contributed by atoms with E-state index < -0.39 is 0 Å². The van der Waals surface area contributed by atoms with Crippen LogP contribution in [0.15, 0.2) is 53.5 Å². The molecular formula is C14H12ClN3. The van der Waals surface area contributed by atoms with Gasteiger partial charge in [-0.15, -0.1) is 0 Å². The molecule has 3 rings (SSSR count). The lowest BCUT2D eigenvalue weighted by molar-refractivity contribution is 0.909. The lowest BCUT2D eigenvalue weighted by Crippen LogP contribution is -2.19. The van der Waals surface area contributed by atoms with Gasteiger partial charge >= 0.3 is 0 Å². The Hall–Kier alpha value is -2.00. The van der Waals surface area contributed by atoms with Gasteiger partial charge in [0.15, 0.2) is 6.29 Å². The first-order valence-corrected chi connectivity index (χ1v) is 6.10. The molecule has 0 atom stereocenters. The van der Waals surface area contributed by atoms with Gasteiger partial charge < -0.3 is 10.6 Å². The molecule has 2 N–H and O–H groups in total. The number of nitrogens with zero attached hydrogens (tertiary/aromatic N) is 1. The molecule has 3 nitrogen and oxygen atoms in total. The molecule has 0 bridgehead atoms. The van der Waals surface area contributed by atoms with E-state index in [1.165, 1.54) is 0 Å². The second-order valence-electron chi connectivity index (χ2n) is 4.07. The Kier molecular flexibility index (Phi) is 2.90. The average Bonchev–Trinajstić information content (AvgIpc) is 2.81. The maximum absolute atomic E-state index is 5.83. The fraction of sp³-hybridized carbons (Fsp3) is 0.0714. The summed E-state index contributed by atoms with van der Waals surface area (Å²) in [6.45, 7) is 0. The van der Waals surface area contributed by atoms with E-state index in [0.717, 1.165) is 22.0 Å². The van der Waals surface area contributed by atoms with Crippen LogP contribution >= 0.6 is 11.6 Å². The van der Waals surface area contributed by atoms with E-state index in [1.807, 2.05) is 54.7 Å². The van der Waals surface area contributed by atoms with Crippen molar-refractivity contribution in [3.8, 4) is 0 Å². The summed E-state index contributed by atoms with van der Waals surface area (Å²) < 4.78 is 0. The topological polar surface area (TPSA) is 36.4 Å². The van der Waals surface area contributed by atoms with E-state index in [2.05, 4.69) is 15.6 Å². The number of halogens is 1. The molecule has 1 aliphatic heterocycles. The van der Waals surface area contributed by atoms with Gasteiger partial charge in [0.05, 0.1) is 11.4 Å². The maximum Gasteiger partial charge on any atom is 0.194 e. The molecule has 18 heavy (non-hydrogen) atoms. The van der Waals surface area contributed by atoms with Crippen LogP contribution in [-0.2, 0) is 0 Å². The molecule has 0 spiro atoms. The van der Waals surface area contributed by atoms with E-state index in [4.69, 9.17) is 11.6 Å². The highest BCUT2D eigenvalue weighted by Crippen LogP contribution is 2.28. The summed E-state index contributed by atoms with van der Waals surface area (Å²) in [5, 5.41) is 7.30. The highest BCUT2D eigenvalue weighted by atomic mass is 35.5. The van der Waals surface area contributed by atoms with Crippen LogP contribution in [-0.4, -0.2) is 12.5 Å². The van der Waals surface area contributed by atoms with Crippen molar-refractivity contribution >= 4 is 29.2 Å². The molecule has 0 amide bonds. The summed E-state index contributed by atoms with van der Waals surface area (Å²) in [4.78, 5) is 4.45. The number of para-hydroxylation sites is 2. The third kappa shape index (κ3) is 2.31. The van der Waals surface area contributed by atoms with E-state index in [9.17, 15) is 0 Å². The monoisotopic (exact) mass is 257 g/mol. The van der Waals surface area contributed by atoms with E-state index in [1.54, 1.807) is 0 Å². The van der Waals surface area contributed by atoms with Crippen molar-refractivity contribution in [3.05, 3.63) is 59.1 Å². The summed E-state index contributed by atoms with van der Waals surface area (Å²) in [5.41, 5.74) is 3.19. The lowest BCUT2D eigenvalue weighted by Gasteiger charge is -2.05. The Labute approximate surface area is 111 Å². The summed E-state index contributed by atoms with van der Waals surface area (Å²) in [7, 11) is 0. The van der Waals surface area contributed by atoms with Gasteiger partial charge in [0, 0.05) is 11.2 Å². The first-order chi connectivity index (χ1) is 8.81. The molecule has 0 aromatic heterocycles. The van der Waals surface area contributed by atoms with Crippen LogP contribution in [0.25, 0.3) is 0 Å². The summed E-state index contributed by atoms with van der Waals surface area (Å²) in [6, 6.07) is 15.6. The number of benzene rings is 2. The zero-order chi connectivity index (χ0) is 12.4. The molecule has 0 aliphatic carbocycles. The Morgan fingerprint density at radius 3 is 2.17 bits per heavy atom. The molecule has 0 fully saturated rings. The molecule has 0 saturated heterocycles. The van der Waals surface area contributed by atoms with Gasteiger partial charge in [-0.25, -0.2) is 4.99 Å². The SMILES string of the molecule is Clc1ccc(/C=N/C2Nc3ccccc3N2)cc1. The molecule has 4 heteroatoms. The van der Waals surface area contributed by atoms with Gasteiger partial charge in [-0.2, -0.15) is 0 Å². The number of hydrogen-bond donors (Lipinski definition) is 2. The zero-order valence-corrected chi connectivity index (χ0v) is 10.4. The van der Waals surface area contributed by atoms with Crippen molar-refractivity contribution in [1.29, 1.82) is 0 Å².